The number of ether oxygens (including phenoxy) is 1. The van der Waals surface area contributed by atoms with Crippen LogP contribution in [0.5, 0.6) is 0 Å². The maximum Gasteiger partial charge on any atom is 0.0951 e. The van der Waals surface area contributed by atoms with Crippen LogP contribution in [0, 0.1) is 5.92 Å². The molecule has 1 atom stereocenters. The van der Waals surface area contributed by atoms with Gasteiger partial charge in [-0.1, -0.05) is 13.8 Å². The molecule has 1 unspecified atom stereocenters. The molecule has 86 valence electrons. The monoisotopic (exact) mass is 228 g/mol. The summed E-state index contributed by atoms with van der Waals surface area (Å²) in [5.74, 6) is 0.437. The maximum absolute atomic E-state index is 6.02. The first kappa shape index (κ1) is 12.6. The lowest BCUT2D eigenvalue weighted by Crippen LogP contribution is -2.17. The quantitative estimate of drug-likeness (QED) is 0.760. The number of nitrogens with two attached hydrogens (primary N) is 1. The third kappa shape index (κ3) is 3.89. The lowest BCUT2D eigenvalue weighted by Gasteiger charge is -2.12. The summed E-state index contributed by atoms with van der Waals surface area (Å²) in [6, 6.07) is 0.0575. The first-order chi connectivity index (χ1) is 7.15. The smallest absolute Gasteiger partial charge is 0.0951 e. The highest BCUT2D eigenvalue weighted by Crippen LogP contribution is 2.21. The molecule has 2 N–H and O–H groups in total. The van der Waals surface area contributed by atoms with Gasteiger partial charge in [0.05, 0.1) is 23.4 Å². The first-order valence-electron chi connectivity index (χ1n) is 5.42. The second-order valence-electron chi connectivity index (χ2n) is 3.88. The van der Waals surface area contributed by atoms with Gasteiger partial charge in [0.15, 0.2) is 0 Å². The second-order valence-corrected chi connectivity index (χ2v) is 4.83. The zero-order valence-electron chi connectivity index (χ0n) is 9.69. The van der Waals surface area contributed by atoms with Gasteiger partial charge in [-0.25, -0.2) is 4.98 Å². The molecule has 0 saturated heterocycles. The Morgan fingerprint density at radius 3 is 2.87 bits per heavy atom. The zero-order chi connectivity index (χ0) is 11.3. The van der Waals surface area contributed by atoms with Crippen molar-refractivity contribution < 1.29 is 4.74 Å². The highest BCUT2D eigenvalue weighted by atomic mass is 32.1. The fourth-order valence-corrected chi connectivity index (χ4v) is 2.06. The average Bonchev–Trinajstić information content (AvgIpc) is 2.65. The Morgan fingerprint density at radius 1 is 1.53 bits per heavy atom. The number of hydrogen-bond acceptors (Lipinski definition) is 4. The molecular formula is C11H20N2OS. The summed E-state index contributed by atoms with van der Waals surface area (Å²) in [4.78, 5) is 4.52. The van der Waals surface area contributed by atoms with Crippen LogP contribution in [0.25, 0.3) is 0 Å². The largest absolute Gasteiger partial charge is 0.381 e. The Hall–Kier alpha value is -0.450. The van der Waals surface area contributed by atoms with Gasteiger partial charge in [0.25, 0.3) is 0 Å². The Balaban J connectivity index is 2.48. The second kappa shape index (κ2) is 6.20. The first-order valence-corrected chi connectivity index (χ1v) is 6.30. The van der Waals surface area contributed by atoms with Gasteiger partial charge in [-0.15, -0.1) is 11.3 Å². The summed E-state index contributed by atoms with van der Waals surface area (Å²) in [6.07, 6.45) is 0.892. The number of thiazole rings is 1. The van der Waals surface area contributed by atoms with Crippen molar-refractivity contribution in [3.63, 3.8) is 0 Å². The molecule has 1 aromatic heterocycles. The van der Waals surface area contributed by atoms with E-state index in [0.717, 1.165) is 30.3 Å². The van der Waals surface area contributed by atoms with Crippen molar-refractivity contribution >= 4 is 11.3 Å². The lowest BCUT2D eigenvalue weighted by atomic mass is 10.0. The number of hydrogen-bond donors (Lipinski definition) is 1. The van der Waals surface area contributed by atoms with Gasteiger partial charge in [0.2, 0.25) is 0 Å². The van der Waals surface area contributed by atoms with Crippen molar-refractivity contribution in [2.45, 2.75) is 33.2 Å². The predicted octanol–water partition coefficient (Wildman–Crippen LogP) is 2.38. The van der Waals surface area contributed by atoms with E-state index in [1.807, 2.05) is 6.92 Å². The van der Waals surface area contributed by atoms with Crippen molar-refractivity contribution in [1.29, 1.82) is 0 Å². The van der Waals surface area contributed by atoms with E-state index in [4.69, 9.17) is 10.5 Å². The summed E-state index contributed by atoms with van der Waals surface area (Å²) in [5.41, 5.74) is 7.03. The zero-order valence-corrected chi connectivity index (χ0v) is 10.5. The van der Waals surface area contributed by atoms with Gasteiger partial charge >= 0.3 is 0 Å². The molecule has 15 heavy (non-hydrogen) atoms. The molecule has 0 aliphatic heterocycles. The summed E-state index contributed by atoms with van der Waals surface area (Å²) >= 11 is 1.67. The summed E-state index contributed by atoms with van der Waals surface area (Å²) in [6.45, 7) is 7.75. The Morgan fingerprint density at radius 2 is 2.27 bits per heavy atom. The minimum Gasteiger partial charge on any atom is -0.381 e. The molecule has 0 aliphatic rings. The van der Waals surface area contributed by atoms with Gasteiger partial charge in [0.1, 0.15) is 0 Å². The molecule has 0 fully saturated rings. The minimum absolute atomic E-state index is 0.0575. The number of aromatic nitrogens is 1. The summed E-state index contributed by atoms with van der Waals surface area (Å²) in [7, 11) is 0. The van der Waals surface area contributed by atoms with Gasteiger partial charge in [-0.05, 0) is 12.8 Å². The van der Waals surface area contributed by atoms with E-state index >= 15 is 0 Å². The van der Waals surface area contributed by atoms with E-state index in [-0.39, 0.29) is 6.04 Å². The molecule has 0 amide bonds. The van der Waals surface area contributed by atoms with E-state index in [0.29, 0.717) is 5.92 Å². The molecule has 3 nitrogen and oxygen atoms in total. The van der Waals surface area contributed by atoms with Crippen LogP contribution < -0.4 is 5.73 Å². The molecule has 0 aliphatic carbocycles. The van der Waals surface area contributed by atoms with Crippen LogP contribution in [0.15, 0.2) is 5.38 Å². The fraction of sp³-hybridized carbons (Fsp3) is 0.727. The van der Waals surface area contributed by atoms with Crippen molar-refractivity contribution in [3.8, 4) is 0 Å². The predicted molar refractivity (Wildman–Crippen MR) is 64.1 cm³/mol. The van der Waals surface area contributed by atoms with E-state index < -0.39 is 0 Å². The van der Waals surface area contributed by atoms with E-state index in [1.54, 1.807) is 11.3 Å². The third-order valence-electron chi connectivity index (χ3n) is 2.29. The van der Waals surface area contributed by atoms with E-state index in [1.165, 1.54) is 0 Å². The van der Waals surface area contributed by atoms with Crippen molar-refractivity contribution in [1.82, 2.24) is 4.98 Å². The topological polar surface area (TPSA) is 48.1 Å². The van der Waals surface area contributed by atoms with Crippen LogP contribution in [0.3, 0.4) is 0 Å². The molecule has 0 radical (unpaired) electrons. The standard InChI is InChI=1S/C11H20N2OS/c1-4-14-6-5-10-13-9(7-15-10)11(12)8(2)3/h7-8,11H,4-6,12H2,1-3H3. The summed E-state index contributed by atoms with van der Waals surface area (Å²) < 4.78 is 5.29. The van der Waals surface area contributed by atoms with Crippen LogP contribution >= 0.6 is 11.3 Å². The molecule has 4 heteroatoms. The van der Waals surface area contributed by atoms with Crippen LogP contribution in [-0.2, 0) is 11.2 Å². The van der Waals surface area contributed by atoms with Crippen LogP contribution in [-0.4, -0.2) is 18.2 Å². The van der Waals surface area contributed by atoms with E-state index in [9.17, 15) is 0 Å². The Kier molecular flexibility index (Phi) is 5.22. The fourth-order valence-electron chi connectivity index (χ4n) is 1.24. The SMILES string of the molecule is CCOCCc1nc(C(N)C(C)C)cs1. The highest BCUT2D eigenvalue weighted by molar-refractivity contribution is 7.09. The molecule has 1 heterocycles. The number of nitrogens with zero attached hydrogens (tertiary/aromatic N) is 1. The third-order valence-corrected chi connectivity index (χ3v) is 3.22. The molecule has 1 rings (SSSR count). The van der Waals surface area contributed by atoms with Gasteiger partial charge in [-0.2, -0.15) is 0 Å². The number of rotatable bonds is 6. The van der Waals surface area contributed by atoms with Gasteiger partial charge in [-0.3, -0.25) is 0 Å². The highest BCUT2D eigenvalue weighted by Gasteiger charge is 2.13. The maximum atomic E-state index is 6.02. The molecule has 1 aromatic rings. The molecule has 0 aromatic carbocycles. The molecular weight excluding hydrogens is 208 g/mol. The van der Waals surface area contributed by atoms with Gasteiger partial charge in [0, 0.05) is 18.4 Å². The van der Waals surface area contributed by atoms with Gasteiger partial charge < -0.3 is 10.5 Å². The normalized spacial score (nSPS) is 13.4. The van der Waals surface area contributed by atoms with Crippen LogP contribution in [0.4, 0.5) is 0 Å². The van der Waals surface area contributed by atoms with E-state index in [2.05, 4.69) is 24.2 Å². The van der Waals surface area contributed by atoms with Crippen molar-refractivity contribution in [3.05, 3.63) is 16.1 Å². The summed E-state index contributed by atoms with van der Waals surface area (Å²) in [5, 5.41) is 3.18. The van der Waals surface area contributed by atoms with Crippen LogP contribution in [0.1, 0.15) is 37.5 Å². The molecule has 0 saturated carbocycles. The lowest BCUT2D eigenvalue weighted by molar-refractivity contribution is 0.151. The van der Waals surface area contributed by atoms with Crippen molar-refractivity contribution in [2.24, 2.45) is 11.7 Å². The van der Waals surface area contributed by atoms with Crippen molar-refractivity contribution in [2.75, 3.05) is 13.2 Å². The molecule has 0 bridgehead atoms. The van der Waals surface area contributed by atoms with Crippen LogP contribution in [0.2, 0.25) is 0 Å². The molecule has 0 spiro atoms. The Labute approximate surface area is 95.7 Å². The average molecular weight is 228 g/mol. The Bertz CT molecular complexity index is 286. The minimum atomic E-state index is 0.0575.